The quantitative estimate of drug-likeness (QED) is 0.777. The zero-order chi connectivity index (χ0) is 14.4. The Hall–Kier alpha value is -1.39. The lowest BCUT2D eigenvalue weighted by molar-refractivity contribution is -0.128. The average Bonchev–Trinajstić information content (AvgIpc) is 2.81. The van der Waals surface area contributed by atoms with Crippen molar-refractivity contribution in [2.75, 3.05) is 26.3 Å². The fourth-order valence-electron chi connectivity index (χ4n) is 2.48. The molecular weight excluding hydrogens is 252 g/mol. The number of amides is 1. The molecule has 1 saturated heterocycles. The highest BCUT2D eigenvalue weighted by Gasteiger charge is 2.31. The number of benzene rings is 1. The largest absolute Gasteiger partial charge is 0.380 e. The van der Waals surface area contributed by atoms with E-state index in [1.165, 1.54) is 11.1 Å². The Bertz CT molecular complexity index is 448. The van der Waals surface area contributed by atoms with Crippen molar-refractivity contribution in [2.24, 2.45) is 0 Å². The number of hydrogen-bond donors (Lipinski definition) is 1. The maximum absolute atomic E-state index is 12.0. The van der Waals surface area contributed by atoms with Gasteiger partial charge in [-0.2, -0.15) is 0 Å². The molecule has 0 spiro atoms. The maximum Gasteiger partial charge on any atom is 0.238 e. The Morgan fingerprint density at radius 3 is 2.90 bits per heavy atom. The van der Waals surface area contributed by atoms with Crippen LogP contribution in [0.1, 0.15) is 37.1 Å². The smallest absolute Gasteiger partial charge is 0.238 e. The Morgan fingerprint density at radius 2 is 2.15 bits per heavy atom. The number of rotatable bonds is 7. The fraction of sp³-hybridized carbons (Fsp3) is 0.562. The molecule has 1 unspecified atom stereocenters. The van der Waals surface area contributed by atoms with Gasteiger partial charge >= 0.3 is 0 Å². The van der Waals surface area contributed by atoms with Crippen molar-refractivity contribution < 1.29 is 9.53 Å². The van der Waals surface area contributed by atoms with Gasteiger partial charge in [-0.3, -0.25) is 10.1 Å². The molecule has 0 aromatic heterocycles. The summed E-state index contributed by atoms with van der Waals surface area (Å²) in [5.74, 6) is 0.150. The Kier molecular flexibility index (Phi) is 5.56. The lowest BCUT2D eigenvalue weighted by Gasteiger charge is -2.25. The van der Waals surface area contributed by atoms with Crippen LogP contribution in [0.25, 0.3) is 0 Å². The van der Waals surface area contributed by atoms with E-state index in [0.29, 0.717) is 19.7 Å². The number of unbranched alkanes of at least 4 members (excludes halogenated alkanes) is 1. The second-order valence-electron chi connectivity index (χ2n) is 5.19. The minimum atomic E-state index is -0.0153. The van der Waals surface area contributed by atoms with Crippen molar-refractivity contribution in [3.8, 4) is 0 Å². The summed E-state index contributed by atoms with van der Waals surface area (Å²) in [6.45, 7) is 6.67. The molecule has 0 saturated carbocycles. The van der Waals surface area contributed by atoms with Crippen LogP contribution in [0.5, 0.6) is 0 Å². The van der Waals surface area contributed by atoms with E-state index in [0.717, 1.165) is 19.4 Å². The van der Waals surface area contributed by atoms with E-state index in [-0.39, 0.29) is 12.1 Å². The van der Waals surface area contributed by atoms with Crippen LogP contribution >= 0.6 is 0 Å². The minimum absolute atomic E-state index is 0.0153. The molecular formula is C16H24N2O2. The highest BCUT2D eigenvalue weighted by molar-refractivity contribution is 5.81. The van der Waals surface area contributed by atoms with Crippen LogP contribution in [0.4, 0.5) is 0 Å². The minimum Gasteiger partial charge on any atom is -0.380 e. The van der Waals surface area contributed by atoms with Gasteiger partial charge in [0.1, 0.15) is 6.17 Å². The molecule has 1 heterocycles. The molecule has 1 aromatic carbocycles. The molecule has 1 N–H and O–H groups in total. The number of nitrogens with one attached hydrogen (secondary N) is 1. The normalized spacial score (nSPS) is 18.8. The van der Waals surface area contributed by atoms with Crippen LogP contribution < -0.4 is 5.32 Å². The third-order valence-corrected chi connectivity index (χ3v) is 3.68. The number of carbonyl (C=O) groups excluding carboxylic acids is 1. The third kappa shape index (κ3) is 3.58. The zero-order valence-corrected chi connectivity index (χ0v) is 12.4. The molecule has 1 aliphatic rings. The van der Waals surface area contributed by atoms with Gasteiger partial charge in [0.25, 0.3) is 0 Å². The topological polar surface area (TPSA) is 41.6 Å². The van der Waals surface area contributed by atoms with Gasteiger partial charge < -0.3 is 9.64 Å². The third-order valence-electron chi connectivity index (χ3n) is 3.68. The standard InChI is InChI=1S/C16H24N2O2/c1-3-4-10-20-11-9-18-15(19)12-17-16(18)14-8-6-5-7-13(14)2/h5-8,16-17H,3-4,9-12H2,1-2H3. The summed E-state index contributed by atoms with van der Waals surface area (Å²) in [5.41, 5.74) is 2.38. The SMILES string of the molecule is CCCCOCCN1C(=O)CNC1c1ccccc1C. The maximum atomic E-state index is 12.0. The van der Waals surface area contributed by atoms with Crippen LogP contribution in [0, 0.1) is 6.92 Å². The number of aryl methyl sites for hydroxylation is 1. The summed E-state index contributed by atoms with van der Waals surface area (Å²) < 4.78 is 5.58. The zero-order valence-electron chi connectivity index (χ0n) is 12.4. The monoisotopic (exact) mass is 276 g/mol. The molecule has 1 aromatic rings. The lowest BCUT2D eigenvalue weighted by Crippen LogP contribution is -2.33. The first-order chi connectivity index (χ1) is 9.74. The van der Waals surface area contributed by atoms with Gasteiger partial charge in [0.15, 0.2) is 0 Å². The van der Waals surface area contributed by atoms with Crippen LogP contribution in [0.2, 0.25) is 0 Å². The van der Waals surface area contributed by atoms with Gasteiger partial charge in [-0.15, -0.1) is 0 Å². The summed E-state index contributed by atoms with van der Waals surface area (Å²) in [6, 6.07) is 8.20. The molecule has 4 heteroatoms. The highest BCUT2D eigenvalue weighted by Crippen LogP contribution is 2.24. The van der Waals surface area contributed by atoms with Crippen molar-refractivity contribution >= 4 is 5.91 Å². The second kappa shape index (κ2) is 7.41. The summed E-state index contributed by atoms with van der Waals surface area (Å²) >= 11 is 0. The molecule has 0 radical (unpaired) electrons. The van der Waals surface area contributed by atoms with Crippen LogP contribution in [-0.4, -0.2) is 37.1 Å². The summed E-state index contributed by atoms with van der Waals surface area (Å²) in [4.78, 5) is 13.9. The molecule has 1 aliphatic heterocycles. The number of nitrogens with zero attached hydrogens (tertiary/aromatic N) is 1. The summed E-state index contributed by atoms with van der Waals surface area (Å²) in [6.07, 6.45) is 2.20. The lowest BCUT2D eigenvalue weighted by atomic mass is 10.1. The number of carbonyl (C=O) groups is 1. The number of ether oxygens (including phenoxy) is 1. The van der Waals surface area contributed by atoms with E-state index in [1.807, 2.05) is 17.0 Å². The first kappa shape index (κ1) is 15.0. The van der Waals surface area contributed by atoms with Crippen molar-refractivity contribution in [3.05, 3.63) is 35.4 Å². The van der Waals surface area contributed by atoms with Gasteiger partial charge in [-0.1, -0.05) is 37.6 Å². The molecule has 1 amide bonds. The summed E-state index contributed by atoms with van der Waals surface area (Å²) in [7, 11) is 0. The van der Waals surface area contributed by atoms with E-state index in [9.17, 15) is 4.79 Å². The first-order valence-corrected chi connectivity index (χ1v) is 7.40. The summed E-state index contributed by atoms with van der Waals surface area (Å²) in [5, 5.41) is 3.29. The predicted molar refractivity (Wildman–Crippen MR) is 79.4 cm³/mol. The Balaban J connectivity index is 1.95. The predicted octanol–water partition coefficient (Wildman–Crippen LogP) is 2.24. The van der Waals surface area contributed by atoms with Crippen molar-refractivity contribution in [1.82, 2.24) is 10.2 Å². The van der Waals surface area contributed by atoms with Gasteiger partial charge in [-0.25, -0.2) is 0 Å². The van der Waals surface area contributed by atoms with E-state index in [4.69, 9.17) is 4.74 Å². The molecule has 1 atom stereocenters. The highest BCUT2D eigenvalue weighted by atomic mass is 16.5. The van der Waals surface area contributed by atoms with Gasteiger partial charge in [-0.05, 0) is 24.5 Å². The Morgan fingerprint density at radius 1 is 1.35 bits per heavy atom. The van der Waals surface area contributed by atoms with Crippen molar-refractivity contribution in [3.63, 3.8) is 0 Å². The van der Waals surface area contributed by atoms with Crippen molar-refractivity contribution in [2.45, 2.75) is 32.9 Å². The van der Waals surface area contributed by atoms with Crippen molar-refractivity contribution in [1.29, 1.82) is 0 Å². The van der Waals surface area contributed by atoms with Gasteiger partial charge in [0, 0.05) is 13.2 Å². The first-order valence-electron chi connectivity index (χ1n) is 7.40. The van der Waals surface area contributed by atoms with Crippen LogP contribution in [0.15, 0.2) is 24.3 Å². The van der Waals surface area contributed by atoms with E-state index < -0.39 is 0 Å². The van der Waals surface area contributed by atoms with E-state index >= 15 is 0 Å². The number of hydrogen-bond acceptors (Lipinski definition) is 3. The molecule has 0 bridgehead atoms. The molecule has 0 aliphatic carbocycles. The van der Waals surface area contributed by atoms with E-state index in [2.05, 4.69) is 31.3 Å². The molecule has 4 nitrogen and oxygen atoms in total. The van der Waals surface area contributed by atoms with Gasteiger partial charge in [0.2, 0.25) is 5.91 Å². The molecule has 20 heavy (non-hydrogen) atoms. The molecule has 2 rings (SSSR count). The van der Waals surface area contributed by atoms with E-state index in [1.54, 1.807) is 0 Å². The Labute approximate surface area is 121 Å². The molecule has 110 valence electrons. The van der Waals surface area contributed by atoms with Crippen LogP contribution in [-0.2, 0) is 9.53 Å². The second-order valence-corrected chi connectivity index (χ2v) is 5.19. The average molecular weight is 276 g/mol. The van der Waals surface area contributed by atoms with Crippen LogP contribution in [0.3, 0.4) is 0 Å². The van der Waals surface area contributed by atoms with Gasteiger partial charge in [0.05, 0.1) is 13.2 Å². The molecule has 1 fully saturated rings. The fourth-order valence-corrected chi connectivity index (χ4v) is 2.48.